The van der Waals surface area contributed by atoms with Gasteiger partial charge in [-0.05, 0) is 67.3 Å². The van der Waals surface area contributed by atoms with E-state index in [2.05, 4.69) is 20.4 Å². The topological polar surface area (TPSA) is 149 Å². The van der Waals surface area contributed by atoms with Gasteiger partial charge in [0.1, 0.15) is 47.7 Å². The molecule has 2 aromatic heterocycles. The van der Waals surface area contributed by atoms with Gasteiger partial charge in [-0.15, -0.1) is 0 Å². The number of anilines is 2. The number of aromatic nitrogens is 3. The van der Waals surface area contributed by atoms with E-state index in [0.29, 0.717) is 0 Å². The van der Waals surface area contributed by atoms with Gasteiger partial charge >= 0.3 is 0 Å². The molecule has 4 atom stereocenters. The Morgan fingerprint density at radius 2 is 1.62 bits per heavy atom. The van der Waals surface area contributed by atoms with Crippen LogP contribution in [0.3, 0.4) is 0 Å². The van der Waals surface area contributed by atoms with Crippen LogP contribution in [0.1, 0.15) is 71.6 Å². The molecule has 0 spiro atoms. The summed E-state index contributed by atoms with van der Waals surface area (Å²) in [5.41, 5.74) is -0.184. The van der Waals surface area contributed by atoms with E-state index in [-0.39, 0.29) is 82.4 Å². The molecule has 3 aliphatic rings. The maximum atomic E-state index is 16.6. The van der Waals surface area contributed by atoms with Crippen molar-refractivity contribution in [3.05, 3.63) is 129 Å². The molecule has 1 fully saturated rings. The molecule has 1 saturated carbocycles. The summed E-state index contributed by atoms with van der Waals surface area (Å²) in [6, 6.07) is 20.9. The third kappa shape index (κ3) is 7.08. The van der Waals surface area contributed by atoms with Crippen molar-refractivity contribution in [3.8, 4) is 11.6 Å². The molecule has 0 unspecified atom stereocenters. The van der Waals surface area contributed by atoms with E-state index in [1.165, 1.54) is 18.5 Å². The Hall–Kier alpha value is -5.41. The number of hydrogen-bond donors (Lipinski definition) is 2. The van der Waals surface area contributed by atoms with Gasteiger partial charge in [0.2, 0.25) is 11.6 Å². The van der Waals surface area contributed by atoms with Crippen LogP contribution in [0.5, 0.6) is 11.6 Å². The van der Waals surface area contributed by atoms with Crippen LogP contribution in [0, 0.1) is 17.7 Å². The first kappa shape index (κ1) is 41.3. The number of aliphatic hydroxyl groups is 1. The Bertz CT molecular complexity index is 2510. The average Bonchev–Trinajstić information content (AvgIpc) is 3.62. The fourth-order valence-corrected chi connectivity index (χ4v) is 10.1. The summed E-state index contributed by atoms with van der Waals surface area (Å²) in [6.45, 7) is 10.2. The summed E-state index contributed by atoms with van der Waals surface area (Å²) in [5, 5.41) is 19.7. The molecular weight excluding hydrogens is 805 g/mol. The molecule has 2 N–H and O–H groups in total. The van der Waals surface area contributed by atoms with E-state index in [9.17, 15) is 5.11 Å². The molecule has 0 aliphatic heterocycles. The highest BCUT2D eigenvalue weighted by molar-refractivity contribution is 6.74. The largest absolute Gasteiger partial charge is 0.507 e. The van der Waals surface area contributed by atoms with E-state index >= 15 is 14.0 Å². The highest BCUT2D eigenvalue weighted by Crippen LogP contribution is 2.59. The van der Waals surface area contributed by atoms with Gasteiger partial charge in [0.15, 0.2) is 25.4 Å². The zero-order valence-electron chi connectivity index (χ0n) is 34.5. The van der Waals surface area contributed by atoms with Crippen LogP contribution >= 0.6 is 11.6 Å². The lowest BCUT2D eigenvalue weighted by molar-refractivity contribution is -0.140. The Labute approximate surface area is 353 Å². The molecule has 12 nitrogen and oxygen atoms in total. The number of aliphatic hydroxyl groups excluding tert-OH is 1. The highest BCUT2D eigenvalue weighted by Gasteiger charge is 2.69. The maximum absolute atomic E-state index is 16.6. The normalized spacial score (nSPS) is 21.3. The number of nitrogens with zero attached hydrogens (tertiary/aromatic N) is 4. The number of benzene rings is 3. The maximum Gasteiger partial charge on any atom is 0.265 e. The van der Waals surface area contributed by atoms with Crippen molar-refractivity contribution < 1.29 is 37.5 Å². The predicted octanol–water partition coefficient (Wildman–Crippen LogP) is 9.45. The molecule has 3 aromatic carbocycles. The first-order chi connectivity index (χ1) is 28.5. The number of Topliss-reactive ketones (excluding diaryl/α,β-unsaturated/α-hetero) is 2. The molecule has 0 amide bonds. The average molecular weight is 852 g/mol. The van der Waals surface area contributed by atoms with E-state index in [4.69, 9.17) is 30.0 Å². The van der Waals surface area contributed by atoms with Crippen LogP contribution in [-0.2, 0) is 28.9 Å². The van der Waals surface area contributed by atoms with E-state index in [1.807, 2.05) is 114 Å². The second-order valence-corrected chi connectivity index (χ2v) is 22.5. The quantitative estimate of drug-likeness (QED) is 0.0741. The Morgan fingerprint density at radius 1 is 0.967 bits per heavy atom. The lowest BCUT2D eigenvalue weighted by Gasteiger charge is -2.55. The molecular formula is C45H47ClFN5O7Si. The van der Waals surface area contributed by atoms with Crippen molar-refractivity contribution in [3.63, 3.8) is 0 Å². The van der Waals surface area contributed by atoms with Gasteiger partial charge < -0.3 is 28.8 Å². The van der Waals surface area contributed by atoms with Crippen LogP contribution in [0.15, 0.2) is 89.2 Å². The number of rotatable bonds is 11. The van der Waals surface area contributed by atoms with Gasteiger partial charge in [0.05, 0.1) is 17.3 Å². The van der Waals surface area contributed by atoms with Gasteiger partial charge in [-0.25, -0.2) is 14.4 Å². The predicted molar refractivity (Wildman–Crippen MR) is 226 cm³/mol. The number of carbonyl (C=O) groups excluding carboxylic acids is 2. The molecule has 15 heteroatoms. The standard InChI is InChI=1S/C45H47ClFN5O7Si/c1-44(2,3)60(6,7)59-45-29(37(52(4)5)40-36(42(45)55)43(51-58-40)57-23-26-16-12-9-13-17-26)19-27-18-28-30(47)20-31(50-33-21-32(46)48-24-49-33)39(35(28)38(53)34(27)41(45)54)56-22-25-14-10-8-11-15-25/h8-17,20-21,24,27,29,37,53H,18-19,22-23H2,1-7H3,(H,48,49,50)/t27-,29-,37-,45-/m0/s1. The SMILES string of the molecule is CN(C)[C@@H]1c2onc(OCc3ccccc3)c2C(=O)[C@@]2(O[Si](C)(C)C(C)(C)C)C(=O)C3=C(O)c4c(c(F)cc(Nc5cc(Cl)ncn5)c4OCc4ccccc4)C[C@H]3C[C@@H]12. The number of hydrogen-bond acceptors (Lipinski definition) is 12. The minimum Gasteiger partial charge on any atom is -0.507 e. The highest BCUT2D eigenvalue weighted by atomic mass is 35.5. The van der Waals surface area contributed by atoms with Crippen molar-refractivity contribution in [2.24, 2.45) is 11.8 Å². The van der Waals surface area contributed by atoms with Crippen LogP contribution in [-0.4, -0.2) is 64.7 Å². The van der Waals surface area contributed by atoms with Gasteiger partial charge in [-0.3, -0.25) is 14.5 Å². The molecule has 5 aromatic rings. The molecule has 8 rings (SSSR count). The number of fused-ring (bicyclic) bond motifs is 4. The van der Waals surface area contributed by atoms with Crippen molar-refractivity contribution in [2.45, 2.75) is 76.6 Å². The van der Waals surface area contributed by atoms with Gasteiger partial charge in [-0.1, -0.05) is 93.0 Å². The zero-order valence-corrected chi connectivity index (χ0v) is 36.3. The van der Waals surface area contributed by atoms with E-state index in [1.54, 1.807) is 0 Å². The number of ether oxygens (including phenoxy) is 2. The molecule has 2 heterocycles. The second kappa shape index (κ2) is 15.6. The first-order valence-electron chi connectivity index (χ1n) is 19.8. The number of halogens is 2. The minimum atomic E-state index is -3.00. The number of carbonyl (C=O) groups is 2. The summed E-state index contributed by atoms with van der Waals surface area (Å²) in [6.07, 6.45) is 1.46. The minimum absolute atomic E-state index is 0.000853. The van der Waals surface area contributed by atoms with Gasteiger partial charge in [0, 0.05) is 29.2 Å². The zero-order chi connectivity index (χ0) is 42.7. The summed E-state index contributed by atoms with van der Waals surface area (Å²) < 4.78 is 42.5. The molecule has 60 heavy (non-hydrogen) atoms. The van der Waals surface area contributed by atoms with Crippen LogP contribution < -0.4 is 14.8 Å². The van der Waals surface area contributed by atoms with E-state index in [0.717, 1.165) is 11.1 Å². The number of nitrogens with one attached hydrogen (secondary N) is 1. The molecule has 0 radical (unpaired) electrons. The lowest BCUT2D eigenvalue weighted by Crippen LogP contribution is -2.68. The van der Waals surface area contributed by atoms with Gasteiger partial charge in [0.25, 0.3) is 5.88 Å². The fraction of sp³-hybridized carbons (Fsp3) is 0.356. The van der Waals surface area contributed by atoms with Crippen LogP contribution in [0.2, 0.25) is 23.3 Å². The molecule has 0 bridgehead atoms. The van der Waals surface area contributed by atoms with Crippen LogP contribution in [0.4, 0.5) is 15.9 Å². The molecule has 0 saturated heterocycles. The number of ketones is 2. The van der Waals surface area contributed by atoms with Crippen molar-refractivity contribution in [1.29, 1.82) is 0 Å². The van der Waals surface area contributed by atoms with Gasteiger partial charge in [-0.2, -0.15) is 0 Å². The summed E-state index contributed by atoms with van der Waals surface area (Å²) >= 11 is 6.18. The van der Waals surface area contributed by atoms with Crippen molar-refractivity contribution >= 4 is 48.7 Å². The molecule has 3 aliphatic carbocycles. The Morgan fingerprint density at radius 3 is 2.23 bits per heavy atom. The van der Waals surface area contributed by atoms with Crippen LogP contribution in [0.25, 0.3) is 5.76 Å². The lowest BCUT2D eigenvalue weighted by atomic mass is 9.57. The monoisotopic (exact) mass is 851 g/mol. The molecule has 312 valence electrons. The fourth-order valence-electron chi connectivity index (χ4n) is 8.48. The smallest absolute Gasteiger partial charge is 0.265 e. The summed E-state index contributed by atoms with van der Waals surface area (Å²) in [4.78, 5) is 41.6. The van der Waals surface area contributed by atoms with Crippen molar-refractivity contribution in [2.75, 3.05) is 19.4 Å². The Kier molecular flexibility index (Phi) is 10.7. The first-order valence-corrected chi connectivity index (χ1v) is 23.1. The van der Waals surface area contributed by atoms with E-state index < -0.39 is 60.0 Å². The summed E-state index contributed by atoms with van der Waals surface area (Å²) in [7, 11) is 0.683. The summed E-state index contributed by atoms with van der Waals surface area (Å²) in [5.74, 6) is -3.42. The Balaban J connectivity index is 1.32. The van der Waals surface area contributed by atoms with Crippen molar-refractivity contribution in [1.82, 2.24) is 20.0 Å². The third-order valence-corrected chi connectivity index (χ3v) is 17.0. The second-order valence-electron chi connectivity index (χ2n) is 17.4. The third-order valence-electron chi connectivity index (χ3n) is 12.3.